The lowest BCUT2D eigenvalue weighted by Gasteiger charge is -2.00. The largest absolute Gasteiger partial charge is 0.398 e. The van der Waals surface area contributed by atoms with Crippen LogP contribution in [0.2, 0.25) is 5.15 Å². The van der Waals surface area contributed by atoms with Crippen LogP contribution in [-0.2, 0) is 0 Å². The number of aromatic nitrogens is 1. The molecule has 4 heteroatoms. The van der Waals surface area contributed by atoms with Crippen molar-refractivity contribution in [2.75, 3.05) is 12.3 Å². The Labute approximate surface area is 76.0 Å². The highest BCUT2D eigenvalue weighted by Crippen LogP contribution is 2.20. The molecule has 0 amide bonds. The third-order valence-corrected chi connectivity index (χ3v) is 1.70. The zero-order valence-electron chi connectivity index (χ0n) is 6.50. The van der Waals surface area contributed by atoms with E-state index in [4.69, 9.17) is 23.1 Å². The second kappa shape index (κ2) is 4.09. The standard InChI is InChI=1S/C8H10ClN3/c9-8-6(2-1-4-10)7(11)3-5-12-8/h1-3,5H,4,10H2,(H2,11,12). The van der Waals surface area contributed by atoms with Gasteiger partial charge in [-0.05, 0) is 6.07 Å². The molecular formula is C8H10ClN3. The zero-order valence-corrected chi connectivity index (χ0v) is 7.25. The molecule has 0 atom stereocenters. The summed E-state index contributed by atoms with van der Waals surface area (Å²) in [5.74, 6) is 0. The number of hydrogen-bond acceptors (Lipinski definition) is 3. The van der Waals surface area contributed by atoms with Crippen molar-refractivity contribution in [2.45, 2.75) is 0 Å². The Bertz CT molecular complexity index is 276. The minimum absolute atomic E-state index is 0.403. The first-order valence-electron chi connectivity index (χ1n) is 3.52. The number of rotatable bonds is 2. The van der Waals surface area contributed by atoms with Crippen LogP contribution < -0.4 is 11.5 Å². The van der Waals surface area contributed by atoms with Crippen molar-refractivity contribution in [2.24, 2.45) is 5.73 Å². The van der Waals surface area contributed by atoms with Gasteiger partial charge in [0.05, 0.1) is 0 Å². The predicted octanol–water partition coefficient (Wildman–Crippen LogP) is 1.29. The van der Waals surface area contributed by atoms with Crippen molar-refractivity contribution >= 4 is 23.4 Å². The molecule has 0 saturated carbocycles. The lowest BCUT2D eigenvalue weighted by atomic mass is 10.2. The van der Waals surface area contributed by atoms with Crippen LogP contribution in [0.25, 0.3) is 6.08 Å². The number of anilines is 1. The van der Waals surface area contributed by atoms with Crippen LogP contribution in [0.5, 0.6) is 0 Å². The number of hydrogen-bond donors (Lipinski definition) is 2. The van der Waals surface area contributed by atoms with Crippen molar-refractivity contribution < 1.29 is 0 Å². The Hall–Kier alpha value is -1.06. The van der Waals surface area contributed by atoms with E-state index in [1.165, 1.54) is 0 Å². The normalized spacial score (nSPS) is 10.8. The molecule has 12 heavy (non-hydrogen) atoms. The van der Waals surface area contributed by atoms with Crippen molar-refractivity contribution in [1.82, 2.24) is 4.98 Å². The topological polar surface area (TPSA) is 64.9 Å². The number of pyridine rings is 1. The molecule has 0 bridgehead atoms. The Kier molecular flexibility index (Phi) is 3.08. The van der Waals surface area contributed by atoms with E-state index in [2.05, 4.69) is 4.98 Å². The summed E-state index contributed by atoms with van der Waals surface area (Å²) in [6.07, 6.45) is 5.11. The molecule has 0 saturated heterocycles. The molecule has 0 fully saturated rings. The van der Waals surface area contributed by atoms with Crippen molar-refractivity contribution in [3.05, 3.63) is 29.1 Å². The van der Waals surface area contributed by atoms with Crippen LogP contribution in [-0.4, -0.2) is 11.5 Å². The molecule has 3 nitrogen and oxygen atoms in total. The van der Waals surface area contributed by atoms with E-state index >= 15 is 0 Å². The van der Waals surface area contributed by atoms with E-state index in [0.717, 1.165) is 5.56 Å². The lowest BCUT2D eigenvalue weighted by molar-refractivity contribution is 1.26. The molecule has 64 valence electrons. The Morgan fingerprint density at radius 2 is 2.33 bits per heavy atom. The van der Waals surface area contributed by atoms with Gasteiger partial charge >= 0.3 is 0 Å². The number of nitrogen functional groups attached to an aromatic ring is 1. The van der Waals surface area contributed by atoms with Crippen LogP contribution in [0.3, 0.4) is 0 Å². The van der Waals surface area contributed by atoms with Gasteiger partial charge in [0.1, 0.15) is 5.15 Å². The Morgan fingerprint density at radius 3 is 2.92 bits per heavy atom. The Morgan fingerprint density at radius 1 is 1.58 bits per heavy atom. The number of nitrogens with two attached hydrogens (primary N) is 2. The molecule has 0 radical (unpaired) electrons. The summed E-state index contributed by atoms with van der Waals surface area (Å²) in [6, 6.07) is 1.70. The van der Waals surface area contributed by atoms with E-state index in [1.54, 1.807) is 24.4 Å². The summed E-state index contributed by atoms with van der Waals surface area (Å²) in [7, 11) is 0. The van der Waals surface area contributed by atoms with Gasteiger partial charge in [-0.15, -0.1) is 0 Å². The van der Waals surface area contributed by atoms with Gasteiger partial charge in [0, 0.05) is 24.0 Å². The van der Waals surface area contributed by atoms with E-state index in [0.29, 0.717) is 17.4 Å². The highest BCUT2D eigenvalue weighted by atomic mass is 35.5. The molecule has 4 N–H and O–H groups in total. The summed E-state index contributed by atoms with van der Waals surface area (Å²) < 4.78 is 0. The molecule has 0 aliphatic carbocycles. The maximum atomic E-state index is 5.78. The number of nitrogens with zero attached hydrogens (tertiary/aromatic N) is 1. The summed E-state index contributed by atoms with van der Waals surface area (Å²) in [5, 5.41) is 0.403. The van der Waals surface area contributed by atoms with Gasteiger partial charge in [-0.1, -0.05) is 23.8 Å². The maximum absolute atomic E-state index is 5.78. The van der Waals surface area contributed by atoms with Gasteiger partial charge in [-0.3, -0.25) is 0 Å². The quantitative estimate of drug-likeness (QED) is 0.680. The molecule has 1 heterocycles. The van der Waals surface area contributed by atoms with E-state index in [9.17, 15) is 0 Å². The van der Waals surface area contributed by atoms with Gasteiger partial charge in [-0.2, -0.15) is 0 Å². The minimum atomic E-state index is 0.403. The average Bonchev–Trinajstić information content (AvgIpc) is 2.04. The summed E-state index contributed by atoms with van der Waals surface area (Å²) in [6.45, 7) is 0.463. The van der Waals surface area contributed by atoms with Crippen LogP contribution in [0.4, 0.5) is 5.69 Å². The SMILES string of the molecule is NCC=Cc1c(N)ccnc1Cl. The molecule has 1 aromatic heterocycles. The monoisotopic (exact) mass is 183 g/mol. The first-order chi connectivity index (χ1) is 5.75. The molecule has 0 spiro atoms. The molecule has 0 aliphatic rings. The van der Waals surface area contributed by atoms with Crippen LogP contribution >= 0.6 is 11.6 Å². The van der Waals surface area contributed by atoms with Crippen LogP contribution in [0, 0.1) is 0 Å². The first-order valence-corrected chi connectivity index (χ1v) is 3.90. The van der Waals surface area contributed by atoms with Crippen LogP contribution in [0.1, 0.15) is 5.56 Å². The van der Waals surface area contributed by atoms with E-state index in [1.807, 2.05) is 0 Å². The Balaban J connectivity index is 3.04. The van der Waals surface area contributed by atoms with Gasteiger partial charge in [0.25, 0.3) is 0 Å². The van der Waals surface area contributed by atoms with Crippen molar-refractivity contribution in [1.29, 1.82) is 0 Å². The highest BCUT2D eigenvalue weighted by molar-refractivity contribution is 6.31. The molecule has 1 rings (SSSR count). The first kappa shape index (κ1) is 9.03. The fourth-order valence-electron chi connectivity index (χ4n) is 0.812. The third kappa shape index (κ3) is 1.96. The number of halogens is 1. The maximum Gasteiger partial charge on any atom is 0.138 e. The highest BCUT2D eigenvalue weighted by Gasteiger charge is 2.00. The van der Waals surface area contributed by atoms with E-state index < -0.39 is 0 Å². The van der Waals surface area contributed by atoms with Crippen LogP contribution in [0.15, 0.2) is 18.3 Å². The molecular weight excluding hydrogens is 174 g/mol. The summed E-state index contributed by atoms with van der Waals surface area (Å²) in [4.78, 5) is 3.89. The van der Waals surface area contributed by atoms with Gasteiger partial charge in [0.15, 0.2) is 0 Å². The third-order valence-electron chi connectivity index (χ3n) is 1.40. The summed E-state index contributed by atoms with van der Waals surface area (Å²) >= 11 is 5.78. The fourth-order valence-corrected chi connectivity index (χ4v) is 1.04. The van der Waals surface area contributed by atoms with Gasteiger partial charge in [0.2, 0.25) is 0 Å². The van der Waals surface area contributed by atoms with Gasteiger partial charge < -0.3 is 11.5 Å². The molecule has 0 aliphatic heterocycles. The van der Waals surface area contributed by atoms with Crippen molar-refractivity contribution in [3.63, 3.8) is 0 Å². The predicted molar refractivity (Wildman–Crippen MR) is 51.7 cm³/mol. The second-order valence-corrected chi connectivity index (χ2v) is 2.60. The average molecular weight is 184 g/mol. The molecule has 0 aromatic carbocycles. The van der Waals surface area contributed by atoms with Gasteiger partial charge in [-0.25, -0.2) is 4.98 Å². The zero-order chi connectivity index (χ0) is 8.97. The van der Waals surface area contributed by atoms with Crippen molar-refractivity contribution in [3.8, 4) is 0 Å². The summed E-state index contributed by atoms with van der Waals surface area (Å²) in [5.41, 5.74) is 12.3. The minimum Gasteiger partial charge on any atom is -0.398 e. The second-order valence-electron chi connectivity index (χ2n) is 2.24. The van der Waals surface area contributed by atoms with E-state index in [-0.39, 0.29) is 0 Å². The molecule has 0 unspecified atom stereocenters. The molecule has 1 aromatic rings. The lowest BCUT2D eigenvalue weighted by Crippen LogP contribution is -1.95. The smallest absolute Gasteiger partial charge is 0.138 e. The fraction of sp³-hybridized carbons (Fsp3) is 0.125.